The van der Waals surface area contributed by atoms with E-state index in [1.165, 1.54) is 17.5 Å². The molecule has 0 radical (unpaired) electrons. The Labute approximate surface area is 128 Å². The smallest absolute Gasteiger partial charge is 0.223 e. The average molecular weight is 348 g/mol. The summed E-state index contributed by atoms with van der Waals surface area (Å²) in [5, 5.41) is 7.86. The highest BCUT2D eigenvalue weighted by atomic mass is 79.9. The molecule has 0 saturated heterocycles. The van der Waals surface area contributed by atoms with Crippen LogP contribution in [0.4, 0.5) is 0 Å². The molecule has 3 rings (SSSR count). The summed E-state index contributed by atoms with van der Waals surface area (Å²) in [4.78, 5) is 13.2. The maximum Gasteiger partial charge on any atom is 0.223 e. The van der Waals surface area contributed by atoms with E-state index in [1.807, 2.05) is 43.3 Å². The Morgan fingerprint density at radius 2 is 2.05 bits per heavy atom. The van der Waals surface area contributed by atoms with Crippen molar-refractivity contribution in [2.45, 2.75) is 6.92 Å². The number of aryl methyl sites for hydroxylation is 1. The van der Waals surface area contributed by atoms with Crippen LogP contribution in [0.3, 0.4) is 0 Å². The molecule has 0 aliphatic heterocycles. The molecule has 20 heavy (non-hydrogen) atoms. The number of halogens is 1. The molecule has 4 nitrogen and oxygen atoms in total. The first-order valence-corrected chi connectivity index (χ1v) is 7.54. The van der Waals surface area contributed by atoms with Gasteiger partial charge in [-0.1, -0.05) is 23.4 Å². The molecule has 0 atom stereocenters. The fraction of sp³-hybridized carbons (Fsp3) is 0.0714. The number of rotatable bonds is 3. The van der Waals surface area contributed by atoms with Gasteiger partial charge < -0.3 is 0 Å². The molecular formula is C14H10BrN3OS. The number of para-hydroxylation sites is 1. The molecule has 0 bridgehead atoms. The molecule has 0 saturated carbocycles. The summed E-state index contributed by atoms with van der Waals surface area (Å²) in [6.45, 7) is 1.96. The molecule has 0 fully saturated rings. The maximum atomic E-state index is 12.6. The highest BCUT2D eigenvalue weighted by Crippen LogP contribution is 2.29. The summed E-state index contributed by atoms with van der Waals surface area (Å²) in [6, 6.07) is 11.4. The Morgan fingerprint density at radius 3 is 2.70 bits per heavy atom. The summed E-state index contributed by atoms with van der Waals surface area (Å²) in [6.07, 6.45) is 1.50. The van der Waals surface area contributed by atoms with E-state index in [9.17, 15) is 4.79 Å². The Balaban J connectivity index is 2.04. The Hall–Kier alpha value is -1.79. The van der Waals surface area contributed by atoms with Gasteiger partial charge in [0.25, 0.3) is 0 Å². The zero-order chi connectivity index (χ0) is 14.1. The minimum Gasteiger partial charge on any atom is -0.286 e. The first kappa shape index (κ1) is 13.2. The SMILES string of the molecule is Cc1cc(C(=O)c2cnnn2-c2ccccc2)sc1Br. The first-order valence-electron chi connectivity index (χ1n) is 5.93. The minimum absolute atomic E-state index is 0.0716. The molecule has 100 valence electrons. The summed E-state index contributed by atoms with van der Waals surface area (Å²) < 4.78 is 2.53. The van der Waals surface area contributed by atoms with E-state index >= 15 is 0 Å². The van der Waals surface area contributed by atoms with Crippen molar-refractivity contribution in [3.8, 4) is 5.69 Å². The van der Waals surface area contributed by atoms with Gasteiger partial charge in [-0.15, -0.1) is 16.4 Å². The van der Waals surface area contributed by atoms with Crippen LogP contribution < -0.4 is 0 Å². The van der Waals surface area contributed by atoms with Crippen molar-refractivity contribution in [2.24, 2.45) is 0 Å². The minimum atomic E-state index is -0.0716. The van der Waals surface area contributed by atoms with Crippen molar-refractivity contribution >= 4 is 33.0 Å². The molecule has 0 unspecified atom stereocenters. The lowest BCUT2D eigenvalue weighted by molar-refractivity contribution is 0.103. The molecule has 3 aromatic rings. The van der Waals surface area contributed by atoms with Crippen LogP contribution >= 0.6 is 27.3 Å². The van der Waals surface area contributed by atoms with Gasteiger partial charge in [-0.25, -0.2) is 4.68 Å². The second-order valence-corrected chi connectivity index (χ2v) is 6.63. The third-order valence-electron chi connectivity index (χ3n) is 2.86. The molecule has 6 heteroatoms. The molecule has 1 aromatic carbocycles. The van der Waals surface area contributed by atoms with Crippen LogP contribution in [0.5, 0.6) is 0 Å². The van der Waals surface area contributed by atoms with Gasteiger partial charge in [0.05, 0.1) is 20.5 Å². The summed E-state index contributed by atoms with van der Waals surface area (Å²) in [7, 11) is 0. The van der Waals surface area contributed by atoms with Crippen LogP contribution in [-0.4, -0.2) is 20.8 Å². The lowest BCUT2D eigenvalue weighted by Gasteiger charge is -2.03. The van der Waals surface area contributed by atoms with Crippen LogP contribution in [-0.2, 0) is 0 Å². The number of carbonyl (C=O) groups excluding carboxylic acids is 1. The van der Waals surface area contributed by atoms with Gasteiger partial charge in [0.15, 0.2) is 0 Å². The van der Waals surface area contributed by atoms with Crippen molar-refractivity contribution in [3.63, 3.8) is 0 Å². The number of hydrogen-bond acceptors (Lipinski definition) is 4. The number of ketones is 1. The standard InChI is InChI=1S/C14H10BrN3OS/c1-9-7-12(20-14(9)15)13(19)11-8-16-17-18(11)10-5-3-2-4-6-10/h2-8H,1H3. The van der Waals surface area contributed by atoms with Gasteiger partial charge in [-0.3, -0.25) is 4.79 Å². The number of hydrogen-bond donors (Lipinski definition) is 0. The van der Waals surface area contributed by atoms with Crippen molar-refractivity contribution in [3.05, 3.63) is 62.5 Å². The molecular weight excluding hydrogens is 338 g/mol. The number of nitrogens with zero attached hydrogens (tertiary/aromatic N) is 3. The molecule has 2 aromatic heterocycles. The van der Waals surface area contributed by atoms with Gasteiger partial charge >= 0.3 is 0 Å². The number of thiophene rings is 1. The third-order valence-corrected chi connectivity index (χ3v) is 5.00. The van der Waals surface area contributed by atoms with Crippen molar-refractivity contribution in [1.82, 2.24) is 15.0 Å². The highest BCUT2D eigenvalue weighted by Gasteiger charge is 2.19. The van der Waals surface area contributed by atoms with E-state index in [1.54, 1.807) is 4.68 Å². The van der Waals surface area contributed by atoms with Gasteiger partial charge in [0.2, 0.25) is 5.78 Å². The third kappa shape index (κ3) is 2.32. The highest BCUT2D eigenvalue weighted by molar-refractivity contribution is 9.11. The van der Waals surface area contributed by atoms with Crippen molar-refractivity contribution in [2.75, 3.05) is 0 Å². The second kappa shape index (κ2) is 5.30. The normalized spacial score (nSPS) is 10.7. The second-order valence-electron chi connectivity index (χ2n) is 4.26. The summed E-state index contributed by atoms with van der Waals surface area (Å²) >= 11 is 4.86. The van der Waals surface area contributed by atoms with Gasteiger partial charge in [0, 0.05) is 0 Å². The Morgan fingerprint density at radius 1 is 1.30 bits per heavy atom. The predicted octanol–water partition coefficient (Wildman–Crippen LogP) is 3.63. The number of benzene rings is 1. The van der Waals surface area contributed by atoms with Crippen LogP contribution in [0.2, 0.25) is 0 Å². The number of aromatic nitrogens is 3. The lowest BCUT2D eigenvalue weighted by Crippen LogP contribution is -2.08. The van der Waals surface area contributed by atoms with E-state index in [-0.39, 0.29) is 5.78 Å². The molecule has 2 heterocycles. The Kier molecular flexibility index (Phi) is 3.50. The lowest BCUT2D eigenvalue weighted by atomic mass is 10.2. The van der Waals surface area contributed by atoms with E-state index in [0.717, 1.165) is 15.0 Å². The van der Waals surface area contributed by atoms with Gasteiger partial charge in [-0.05, 0) is 46.6 Å². The van der Waals surface area contributed by atoms with E-state index < -0.39 is 0 Å². The van der Waals surface area contributed by atoms with Crippen LogP contribution in [0.1, 0.15) is 20.9 Å². The predicted molar refractivity (Wildman–Crippen MR) is 81.5 cm³/mol. The summed E-state index contributed by atoms with van der Waals surface area (Å²) in [5.41, 5.74) is 2.34. The zero-order valence-electron chi connectivity index (χ0n) is 10.6. The maximum absolute atomic E-state index is 12.6. The fourth-order valence-corrected chi connectivity index (χ4v) is 3.33. The Bertz CT molecular complexity index is 744. The van der Waals surface area contributed by atoms with Gasteiger partial charge in [0.1, 0.15) is 5.69 Å². The largest absolute Gasteiger partial charge is 0.286 e. The molecule has 0 spiro atoms. The first-order chi connectivity index (χ1) is 9.66. The molecule has 0 N–H and O–H groups in total. The van der Waals surface area contributed by atoms with E-state index in [2.05, 4.69) is 26.2 Å². The summed E-state index contributed by atoms with van der Waals surface area (Å²) in [5.74, 6) is -0.0716. The van der Waals surface area contributed by atoms with E-state index in [0.29, 0.717) is 10.6 Å². The fourth-order valence-electron chi connectivity index (χ4n) is 1.85. The van der Waals surface area contributed by atoms with Crippen LogP contribution in [0.25, 0.3) is 5.69 Å². The van der Waals surface area contributed by atoms with Gasteiger partial charge in [-0.2, -0.15) is 0 Å². The quantitative estimate of drug-likeness (QED) is 0.679. The molecule has 0 aliphatic carbocycles. The molecule has 0 amide bonds. The van der Waals surface area contributed by atoms with Crippen molar-refractivity contribution < 1.29 is 4.79 Å². The molecule has 0 aliphatic rings. The van der Waals surface area contributed by atoms with Crippen molar-refractivity contribution in [1.29, 1.82) is 0 Å². The monoisotopic (exact) mass is 347 g/mol. The number of carbonyl (C=O) groups is 1. The topological polar surface area (TPSA) is 47.8 Å². The van der Waals surface area contributed by atoms with Crippen LogP contribution in [0, 0.1) is 6.92 Å². The van der Waals surface area contributed by atoms with Crippen LogP contribution in [0.15, 0.2) is 46.4 Å². The average Bonchev–Trinajstić information content (AvgIpc) is 3.07. The van der Waals surface area contributed by atoms with E-state index in [4.69, 9.17) is 0 Å². The zero-order valence-corrected chi connectivity index (χ0v) is 13.0.